The number of fused-ring (bicyclic) bond motifs is 1. The smallest absolute Gasteiger partial charge is 0.0622 e. The molecule has 3 aliphatic rings. The summed E-state index contributed by atoms with van der Waals surface area (Å²) in [6, 6.07) is 8.55. The van der Waals surface area contributed by atoms with Gasteiger partial charge in [-0.3, -0.25) is 0 Å². The average Bonchev–Trinajstić information content (AvgIpc) is 3.22. The molecule has 2 heterocycles. The number of anilines is 1. The van der Waals surface area contributed by atoms with Crippen molar-refractivity contribution in [2.45, 2.75) is 51.6 Å². The summed E-state index contributed by atoms with van der Waals surface area (Å²) in [5.41, 5.74) is 7.46. The Morgan fingerprint density at radius 1 is 0.958 bits per heavy atom. The molecule has 1 aromatic carbocycles. The first kappa shape index (κ1) is 35.6. The summed E-state index contributed by atoms with van der Waals surface area (Å²) in [4.78, 5) is 4.59. The van der Waals surface area contributed by atoms with Crippen LogP contribution in [0.2, 0.25) is 0 Å². The van der Waals surface area contributed by atoms with Crippen molar-refractivity contribution in [2.24, 2.45) is 5.41 Å². The first-order chi connectivity index (χ1) is 23.3. The first-order valence-corrected chi connectivity index (χ1v) is 16.8. The lowest BCUT2D eigenvalue weighted by atomic mass is 9.71. The van der Waals surface area contributed by atoms with Crippen LogP contribution in [0.15, 0.2) is 202 Å². The molecule has 0 fully saturated rings. The van der Waals surface area contributed by atoms with Crippen molar-refractivity contribution in [1.29, 1.82) is 0 Å². The van der Waals surface area contributed by atoms with Gasteiger partial charge in [-0.2, -0.15) is 0 Å². The molecule has 4 rings (SSSR count). The minimum Gasteiger partial charge on any atom is -0.356 e. The Morgan fingerprint density at radius 3 is 2.52 bits per heavy atom. The molecule has 1 N–H and O–H groups in total. The molecule has 3 unspecified atom stereocenters. The van der Waals surface area contributed by atoms with E-state index in [-0.39, 0.29) is 17.5 Å². The molecule has 48 heavy (non-hydrogen) atoms. The van der Waals surface area contributed by atoms with E-state index in [1.54, 1.807) is 6.08 Å². The third-order valence-corrected chi connectivity index (χ3v) is 9.02. The highest BCUT2D eigenvalue weighted by molar-refractivity contribution is 5.82. The van der Waals surface area contributed by atoms with Crippen molar-refractivity contribution in [2.75, 3.05) is 4.90 Å². The van der Waals surface area contributed by atoms with Crippen molar-refractivity contribution in [3.8, 4) is 0 Å². The Bertz CT molecular complexity index is 1690. The van der Waals surface area contributed by atoms with Gasteiger partial charge in [0.25, 0.3) is 0 Å². The second-order valence-electron chi connectivity index (χ2n) is 12.3. The van der Waals surface area contributed by atoms with E-state index < -0.39 is 0 Å². The Balaban J connectivity index is 1.82. The van der Waals surface area contributed by atoms with Crippen LogP contribution in [0.1, 0.15) is 45.1 Å². The predicted molar refractivity (Wildman–Crippen MR) is 211 cm³/mol. The lowest BCUT2D eigenvalue weighted by Gasteiger charge is -2.45. The topological polar surface area (TPSA) is 18.5 Å². The van der Waals surface area contributed by atoms with E-state index in [1.807, 2.05) is 30.4 Å². The fourth-order valence-electron chi connectivity index (χ4n) is 6.58. The second-order valence-corrected chi connectivity index (χ2v) is 12.3. The molecule has 3 heteroatoms. The zero-order chi connectivity index (χ0) is 34.5. The van der Waals surface area contributed by atoms with Crippen molar-refractivity contribution in [3.63, 3.8) is 0 Å². The highest BCUT2D eigenvalue weighted by Crippen LogP contribution is 2.46. The summed E-state index contributed by atoms with van der Waals surface area (Å²) in [5, 5.41) is 3.35. The number of allylic oxidation sites excluding steroid dienone is 16. The lowest BCUT2D eigenvalue weighted by Crippen LogP contribution is -2.45. The molecule has 246 valence electrons. The van der Waals surface area contributed by atoms with Crippen molar-refractivity contribution in [1.82, 2.24) is 10.2 Å². The van der Waals surface area contributed by atoms with Crippen LogP contribution in [0.5, 0.6) is 0 Å². The van der Waals surface area contributed by atoms with Gasteiger partial charge in [-0.15, -0.1) is 0 Å². The van der Waals surface area contributed by atoms with Gasteiger partial charge in [-0.1, -0.05) is 137 Å². The number of hydrogen-bond donors (Lipinski definition) is 1. The normalized spacial score (nSPS) is 25.5. The van der Waals surface area contributed by atoms with E-state index in [1.165, 1.54) is 0 Å². The van der Waals surface area contributed by atoms with Gasteiger partial charge in [0.15, 0.2) is 0 Å². The Labute approximate surface area is 289 Å². The van der Waals surface area contributed by atoms with Crippen LogP contribution in [0.25, 0.3) is 5.57 Å². The summed E-state index contributed by atoms with van der Waals surface area (Å²) in [6.07, 6.45) is 41.9. The highest BCUT2D eigenvalue weighted by Gasteiger charge is 2.41. The summed E-state index contributed by atoms with van der Waals surface area (Å²) in [7, 11) is 0. The molecule has 0 amide bonds. The van der Waals surface area contributed by atoms with Gasteiger partial charge in [0, 0.05) is 45.2 Å². The minimum atomic E-state index is -0.151. The molecule has 1 aromatic rings. The maximum absolute atomic E-state index is 4.58. The fraction of sp³-hybridized carbons (Fsp3) is 0.200. The van der Waals surface area contributed by atoms with Crippen LogP contribution in [0.4, 0.5) is 5.69 Å². The highest BCUT2D eigenvalue weighted by atomic mass is 15.2. The van der Waals surface area contributed by atoms with Gasteiger partial charge in [0.05, 0.1) is 12.1 Å². The number of nitrogens with zero attached hydrogens (tertiary/aromatic N) is 2. The number of benzene rings is 1. The zero-order valence-electron chi connectivity index (χ0n) is 28.8. The first-order valence-electron chi connectivity index (χ1n) is 16.8. The third kappa shape index (κ3) is 8.35. The van der Waals surface area contributed by atoms with Crippen molar-refractivity contribution in [3.05, 3.63) is 207 Å². The maximum atomic E-state index is 4.58. The van der Waals surface area contributed by atoms with Crippen molar-refractivity contribution >= 4 is 11.3 Å². The van der Waals surface area contributed by atoms with E-state index in [0.717, 1.165) is 71.0 Å². The van der Waals surface area contributed by atoms with Gasteiger partial charge in [0.2, 0.25) is 0 Å². The molecular formula is C45H51N3. The molecule has 0 radical (unpaired) electrons. The molecule has 0 aromatic heterocycles. The molecule has 0 bridgehead atoms. The number of nitrogens with one attached hydrogen (secondary N) is 1. The van der Waals surface area contributed by atoms with E-state index in [9.17, 15) is 0 Å². The summed E-state index contributed by atoms with van der Waals surface area (Å²) < 4.78 is 0. The van der Waals surface area contributed by atoms with Crippen LogP contribution in [0.3, 0.4) is 0 Å². The van der Waals surface area contributed by atoms with E-state index in [4.69, 9.17) is 0 Å². The SMILES string of the molecule is C=C/C=C(/c1ccccc1N1C(=C)C=CCC2(C/C=C\C)C=CC=CC12)C(C)N1C(=C)/C=C\C=C/CC/C=C(NC(=C)C=C)\C=C/C1=C. The standard InChI is InChI=1S/C45H51N3/c1-9-12-32-45-33-21-20-29-44(45)48(37(6)25-22-34-45)43-28-19-18-27-42(43)41(23-10-2)39(8)47-36(5)24-16-14-13-15-17-26-40(31-30-38(47)7)46-35(4)11-3/h9-14,16,18-31,33,39,44,46H,2-7,15,17,32,34H2,1,8H3/b12-9-,14-13-,24-16-,31-30-,40-26+,41-23+. The predicted octanol–water partition coefficient (Wildman–Crippen LogP) is 11.3. The molecule has 0 saturated carbocycles. The van der Waals surface area contributed by atoms with Gasteiger partial charge in [-0.25, -0.2) is 0 Å². The van der Waals surface area contributed by atoms with Gasteiger partial charge in [0.1, 0.15) is 0 Å². The molecule has 2 aliphatic heterocycles. The number of para-hydroxylation sites is 1. The average molecular weight is 634 g/mol. The van der Waals surface area contributed by atoms with Crippen LogP contribution < -0.4 is 10.2 Å². The zero-order valence-corrected chi connectivity index (χ0v) is 28.8. The largest absolute Gasteiger partial charge is 0.356 e. The maximum Gasteiger partial charge on any atom is 0.0622 e. The Hall–Kier alpha value is -5.28. The van der Waals surface area contributed by atoms with Crippen LogP contribution >= 0.6 is 0 Å². The second kappa shape index (κ2) is 17.0. The lowest BCUT2D eigenvalue weighted by molar-refractivity contribution is 0.342. The minimum absolute atomic E-state index is 0.0822. The quantitative estimate of drug-likeness (QED) is 0.204. The third-order valence-electron chi connectivity index (χ3n) is 9.02. The van der Waals surface area contributed by atoms with Crippen LogP contribution in [-0.2, 0) is 0 Å². The van der Waals surface area contributed by atoms with Crippen LogP contribution in [0, 0.1) is 5.41 Å². The van der Waals surface area contributed by atoms with Gasteiger partial charge >= 0.3 is 0 Å². The number of hydrogen-bond acceptors (Lipinski definition) is 3. The molecular weight excluding hydrogens is 583 g/mol. The van der Waals surface area contributed by atoms with E-state index >= 15 is 0 Å². The molecule has 3 atom stereocenters. The molecule has 0 spiro atoms. The van der Waals surface area contributed by atoms with Crippen LogP contribution in [-0.4, -0.2) is 17.0 Å². The van der Waals surface area contributed by atoms with E-state index in [0.29, 0.717) is 0 Å². The van der Waals surface area contributed by atoms with Gasteiger partial charge in [-0.05, 0) is 81.6 Å². The summed E-state index contributed by atoms with van der Waals surface area (Å²) >= 11 is 0. The van der Waals surface area contributed by atoms with Crippen molar-refractivity contribution < 1.29 is 0 Å². The Morgan fingerprint density at radius 2 is 1.75 bits per heavy atom. The number of rotatable bonds is 10. The monoisotopic (exact) mass is 633 g/mol. The fourth-order valence-corrected chi connectivity index (χ4v) is 6.58. The molecule has 3 nitrogen and oxygen atoms in total. The summed E-state index contributed by atoms with van der Waals surface area (Å²) in [6.45, 7) is 29.9. The molecule has 0 saturated heterocycles. The van der Waals surface area contributed by atoms with Gasteiger partial charge < -0.3 is 15.1 Å². The molecule has 1 aliphatic carbocycles. The Kier molecular flexibility index (Phi) is 12.6. The van der Waals surface area contributed by atoms with E-state index in [2.05, 4.69) is 166 Å². The summed E-state index contributed by atoms with van der Waals surface area (Å²) in [5.74, 6) is 0.